The van der Waals surface area contributed by atoms with Gasteiger partial charge in [0.25, 0.3) is 0 Å². The summed E-state index contributed by atoms with van der Waals surface area (Å²) < 4.78 is 25.3. The zero-order valence-corrected chi connectivity index (χ0v) is 16.7. The number of pyridine rings is 1. The summed E-state index contributed by atoms with van der Waals surface area (Å²) in [5, 5.41) is 2.18. The van der Waals surface area contributed by atoms with Crippen molar-refractivity contribution in [2.75, 3.05) is 13.9 Å². The van der Waals surface area contributed by atoms with Crippen LogP contribution in [-0.4, -0.2) is 19.5 Å². The molecule has 5 nitrogen and oxygen atoms in total. The van der Waals surface area contributed by atoms with Gasteiger partial charge in [-0.2, -0.15) is 4.57 Å². The molecule has 5 rings (SSSR count). The van der Waals surface area contributed by atoms with Crippen LogP contribution < -0.4 is 23.5 Å². The Morgan fingerprint density at radius 1 is 1.04 bits per heavy atom. The van der Waals surface area contributed by atoms with E-state index in [0.717, 1.165) is 46.7 Å². The second kappa shape index (κ2) is 6.03. The molecule has 28 heavy (non-hydrogen) atoms. The number of aromatic nitrogens is 1. The first-order valence-corrected chi connectivity index (χ1v) is 9.59. The largest absolute Gasteiger partial charge is 0.493 e. The van der Waals surface area contributed by atoms with E-state index in [1.807, 2.05) is 6.07 Å². The van der Waals surface area contributed by atoms with Crippen LogP contribution in [0.2, 0.25) is 0 Å². The first kappa shape index (κ1) is 17.2. The second-order valence-electron chi connectivity index (χ2n) is 8.28. The van der Waals surface area contributed by atoms with Gasteiger partial charge in [0.1, 0.15) is 5.60 Å². The van der Waals surface area contributed by atoms with Gasteiger partial charge in [0.15, 0.2) is 35.7 Å². The van der Waals surface area contributed by atoms with Crippen LogP contribution >= 0.6 is 0 Å². The molecule has 2 aliphatic rings. The molecule has 0 saturated carbocycles. The molecule has 0 spiro atoms. The molecule has 0 fully saturated rings. The molecular weight excluding hydrogens is 354 g/mol. The highest BCUT2D eigenvalue weighted by molar-refractivity contribution is 5.91. The van der Waals surface area contributed by atoms with E-state index in [1.165, 1.54) is 16.8 Å². The van der Waals surface area contributed by atoms with Gasteiger partial charge in [0, 0.05) is 12.5 Å². The van der Waals surface area contributed by atoms with E-state index in [-0.39, 0.29) is 5.60 Å². The molecule has 0 saturated heterocycles. The number of fused-ring (bicyclic) bond motifs is 5. The Morgan fingerprint density at radius 2 is 1.82 bits per heavy atom. The highest BCUT2D eigenvalue weighted by atomic mass is 16.7. The summed E-state index contributed by atoms with van der Waals surface area (Å²) in [6.45, 7) is 7.36. The van der Waals surface area contributed by atoms with Gasteiger partial charge in [-0.3, -0.25) is 0 Å². The van der Waals surface area contributed by atoms with E-state index in [4.69, 9.17) is 18.9 Å². The average molecular weight is 378 g/mol. The third-order valence-corrected chi connectivity index (χ3v) is 5.20. The monoisotopic (exact) mass is 378 g/mol. The van der Waals surface area contributed by atoms with Crippen molar-refractivity contribution in [2.45, 2.75) is 39.3 Å². The van der Waals surface area contributed by atoms with Crippen LogP contribution in [0.25, 0.3) is 22.0 Å². The van der Waals surface area contributed by atoms with Crippen LogP contribution in [-0.2, 0) is 13.0 Å². The summed E-state index contributed by atoms with van der Waals surface area (Å²) in [5.74, 6) is 3.21. The summed E-state index contributed by atoms with van der Waals surface area (Å²) >= 11 is 0. The molecule has 0 amide bonds. The Hall–Kier alpha value is -2.95. The fraction of sp³-hybridized carbons (Fsp3) is 0.348. The second-order valence-corrected chi connectivity index (χ2v) is 8.28. The lowest BCUT2D eigenvalue weighted by atomic mass is 9.95. The summed E-state index contributed by atoms with van der Waals surface area (Å²) in [6, 6.07) is 10.5. The Morgan fingerprint density at radius 3 is 2.57 bits per heavy atom. The number of rotatable bonds is 2. The number of ether oxygens (including phenoxy) is 4. The third-order valence-electron chi connectivity index (χ3n) is 5.20. The highest BCUT2D eigenvalue weighted by Gasteiger charge is 2.29. The molecule has 3 aromatic rings. The predicted octanol–water partition coefficient (Wildman–Crippen LogP) is 4.27. The van der Waals surface area contributed by atoms with Crippen LogP contribution in [0.4, 0.5) is 0 Å². The molecule has 0 atom stereocenters. The normalized spacial score (nSPS) is 14.6. The summed E-state index contributed by atoms with van der Waals surface area (Å²) in [7, 11) is 1.68. The van der Waals surface area contributed by atoms with Gasteiger partial charge in [-0.05, 0) is 56.0 Å². The molecule has 3 heterocycles. The van der Waals surface area contributed by atoms with Crippen LogP contribution in [0.15, 0.2) is 36.5 Å². The van der Waals surface area contributed by atoms with Crippen molar-refractivity contribution in [3.8, 4) is 34.3 Å². The molecule has 1 aromatic heterocycles. The number of methoxy groups -OCH3 is 1. The van der Waals surface area contributed by atoms with Crippen LogP contribution in [0.3, 0.4) is 0 Å². The summed E-state index contributed by atoms with van der Waals surface area (Å²) in [4.78, 5) is 0. The Balaban J connectivity index is 1.71. The van der Waals surface area contributed by atoms with Gasteiger partial charge in [-0.1, -0.05) is 0 Å². The van der Waals surface area contributed by atoms with E-state index < -0.39 is 0 Å². The highest BCUT2D eigenvalue weighted by Crippen LogP contribution is 2.42. The fourth-order valence-corrected chi connectivity index (χ4v) is 3.97. The number of hydrogen-bond acceptors (Lipinski definition) is 4. The lowest BCUT2D eigenvalue weighted by Crippen LogP contribution is -2.40. The van der Waals surface area contributed by atoms with Gasteiger partial charge in [-0.15, -0.1) is 0 Å². The molecule has 0 N–H and O–H groups in total. The Bertz CT molecular complexity index is 1100. The molecular formula is C23H24NO4+. The van der Waals surface area contributed by atoms with Gasteiger partial charge < -0.3 is 18.9 Å². The topological polar surface area (TPSA) is 40.8 Å². The Labute approximate surface area is 164 Å². The standard InChI is InChI=1S/C23H24NO4/c1-23(2,3)28-22-17-12-24-8-7-15-10-20-21(27-13-26-20)11-16(15)18(24)9-14(17)5-6-19(22)25-4/h5-6,9-12H,7-8,13H2,1-4H3/q+1. The molecule has 0 unspecified atom stereocenters. The minimum Gasteiger partial charge on any atom is -0.493 e. The lowest BCUT2D eigenvalue weighted by molar-refractivity contribution is -0.686. The fourth-order valence-electron chi connectivity index (χ4n) is 3.97. The van der Waals surface area contributed by atoms with E-state index >= 15 is 0 Å². The van der Waals surface area contributed by atoms with Crippen LogP contribution in [0.5, 0.6) is 23.0 Å². The molecule has 5 heteroatoms. The SMILES string of the molecule is COc1ccc2cc3[n+](cc2c1OC(C)(C)C)CCc1cc2c(cc1-3)OCO2. The minimum atomic E-state index is -0.313. The molecule has 144 valence electrons. The number of benzene rings is 2. The number of nitrogens with zero attached hydrogens (tertiary/aromatic N) is 1. The van der Waals surface area contributed by atoms with E-state index in [1.54, 1.807) is 7.11 Å². The summed E-state index contributed by atoms with van der Waals surface area (Å²) in [5.41, 5.74) is 3.36. The zero-order valence-electron chi connectivity index (χ0n) is 16.7. The van der Waals surface area contributed by atoms with Crippen molar-refractivity contribution in [3.63, 3.8) is 0 Å². The van der Waals surface area contributed by atoms with Crippen molar-refractivity contribution in [2.24, 2.45) is 0 Å². The van der Waals surface area contributed by atoms with Gasteiger partial charge in [0.05, 0.1) is 18.1 Å². The van der Waals surface area contributed by atoms with E-state index in [2.05, 4.69) is 55.8 Å². The van der Waals surface area contributed by atoms with E-state index in [9.17, 15) is 0 Å². The lowest BCUT2D eigenvalue weighted by Gasteiger charge is -2.24. The molecule has 2 aromatic carbocycles. The maximum Gasteiger partial charge on any atom is 0.231 e. The molecule has 0 radical (unpaired) electrons. The van der Waals surface area contributed by atoms with Crippen molar-refractivity contribution in [1.29, 1.82) is 0 Å². The quantitative estimate of drug-likeness (QED) is 0.625. The van der Waals surface area contributed by atoms with E-state index in [0.29, 0.717) is 6.79 Å². The van der Waals surface area contributed by atoms with Gasteiger partial charge in [0.2, 0.25) is 12.5 Å². The number of hydrogen-bond donors (Lipinski definition) is 0. The van der Waals surface area contributed by atoms with Gasteiger partial charge >= 0.3 is 0 Å². The smallest absolute Gasteiger partial charge is 0.231 e. The first-order valence-electron chi connectivity index (χ1n) is 9.59. The predicted molar refractivity (Wildman–Crippen MR) is 106 cm³/mol. The molecule has 0 bridgehead atoms. The maximum absolute atomic E-state index is 6.28. The van der Waals surface area contributed by atoms with Crippen molar-refractivity contribution >= 4 is 10.8 Å². The van der Waals surface area contributed by atoms with Crippen molar-refractivity contribution in [1.82, 2.24) is 0 Å². The first-order chi connectivity index (χ1) is 13.4. The van der Waals surface area contributed by atoms with Crippen LogP contribution in [0.1, 0.15) is 26.3 Å². The third kappa shape index (κ3) is 2.73. The van der Waals surface area contributed by atoms with Crippen molar-refractivity contribution in [3.05, 3.63) is 42.1 Å². The minimum absolute atomic E-state index is 0.295. The average Bonchev–Trinajstić information content (AvgIpc) is 3.11. The number of aryl methyl sites for hydroxylation is 2. The van der Waals surface area contributed by atoms with Gasteiger partial charge in [-0.25, -0.2) is 0 Å². The molecule has 0 aliphatic carbocycles. The van der Waals surface area contributed by atoms with Crippen molar-refractivity contribution < 1.29 is 23.5 Å². The summed E-state index contributed by atoms with van der Waals surface area (Å²) in [6.07, 6.45) is 3.14. The van der Waals surface area contributed by atoms with Crippen LogP contribution in [0, 0.1) is 0 Å². The maximum atomic E-state index is 6.28. The molecule has 2 aliphatic heterocycles. The Kier molecular flexibility index (Phi) is 3.69. The zero-order chi connectivity index (χ0) is 19.5.